The molecule has 2 nitrogen and oxygen atoms in total. The first kappa shape index (κ1) is 14.7. The lowest BCUT2D eigenvalue weighted by Crippen LogP contribution is -2.32. The van der Waals surface area contributed by atoms with Crippen molar-refractivity contribution in [3.05, 3.63) is 28.7 Å². The Balaban J connectivity index is 2.25. The number of hydrogen-bond acceptors (Lipinski definition) is 2. The van der Waals surface area contributed by atoms with E-state index in [2.05, 4.69) is 28.9 Å². The zero-order valence-electron chi connectivity index (χ0n) is 11.0. The molecule has 19 heavy (non-hydrogen) atoms. The summed E-state index contributed by atoms with van der Waals surface area (Å²) < 4.78 is 13.7. The molecule has 1 aliphatic carbocycles. The van der Waals surface area contributed by atoms with Crippen LogP contribution >= 0.6 is 15.9 Å². The van der Waals surface area contributed by atoms with Gasteiger partial charge in [-0.05, 0) is 53.2 Å². The van der Waals surface area contributed by atoms with Gasteiger partial charge in [-0.15, -0.1) is 0 Å². The highest BCUT2D eigenvalue weighted by Gasteiger charge is 2.34. The van der Waals surface area contributed by atoms with E-state index in [0.717, 1.165) is 35.1 Å². The highest BCUT2D eigenvalue weighted by molar-refractivity contribution is 9.10. The third-order valence-corrected chi connectivity index (χ3v) is 6.79. The Hall–Kier alpha value is -0.660. The normalized spacial score (nSPS) is 28.6. The SMILES string of the molecule is CCC1CCC(C#N)C(S(=O)c2ccccc2Br)C1. The summed E-state index contributed by atoms with van der Waals surface area (Å²) in [6, 6.07) is 9.99. The van der Waals surface area contributed by atoms with Crippen molar-refractivity contribution in [3.63, 3.8) is 0 Å². The maximum Gasteiger partial charge on any atom is 0.0668 e. The van der Waals surface area contributed by atoms with Crippen molar-refractivity contribution in [1.82, 2.24) is 0 Å². The van der Waals surface area contributed by atoms with E-state index in [1.165, 1.54) is 0 Å². The Morgan fingerprint density at radius 1 is 1.42 bits per heavy atom. The minimum absolute atomic E-state index is 0.0256. The Labute approximate surface area is 125 Å². The molecule has 1 aliphatic rings. The molecule has 0 spiro atoms. The molecule has 0 saturated heterocycles. The second-order valence-electron chi connectivity index (χ2n) is 5.09. The Bertz CT molecular complexity index is 511. The van der Waals surface area contributed by atoms with Gasteiger partial charge >= 0.3 is 0 Å². The summed E-state index contributed by atoms with van der Waals surface area (Å²) in [7, 11) is -1.10. The highest BCUT2D eigenvalue weighted by atomic mass is 79.9. The molecule has 102 valence electrons. The molecule has 1 saturated carbocycles. The highest BCUT2D eigenvalue weighted by Crippen LogP contribution is 2.36. The number of nitrogens with zero attached hydrogens (tertiary/aromatic N) is 1. The Morgan fingerprint density at radius 2 is 2.16 bits per heavy atom. The van der Waals surface area contributed by atoms with Crippen LogP contribution in [0.4, 0.5) is 0 Å². The molecule has 0 N–H and O–H groups in total. The van der Waals surface area contributed by atoms with E-state index in [1.807, 2.05) is 24.3 Å². The number of rotatable bonds is 3. The van der Waals surface area contributed by atoms with Crippen LogP contribution in [0.3, 0.4) is 0 Å². The van der Waals surface area contributed by atoms with Gasteiger partial charge < -0.3 is 0 Å². The fourth-order valence-corrected chi connectivity index (χ4v) is 5.24. The minimum atomic E-state index is -1.10. The molecule has 4 unspecified atom stereocenters. The van der Waals surface area contributed by atoms with Gasteiger partial charge in [0.15, 0.2) is 0 Å². The molecule has 1 aromatic rings. The molecular weight excluding hydrogens is 322 g/mol. The molecule has 0 heterocycles. The van der Waals surface area contributed by atoms with Gasteiger partial charge in [-0.3, -0.25) is 4.21 Å². The van der Waals surface area contributed by atoms with Crippen LogP contribution in [-0.4, -0.2) is 9.46 Å². The molecule has 0 aliphatic heterocycles. The smallest absolute Gasteiger partial charge is 0.0668 e. The van der Waals surface area contributed by atoms with Crippen molar-refractivity contribution in [3.8, 4) is 6.07 Å². The topological polar surface area (TPSA) is 40.9 Å². The van der Waals surface area contributed by atoms with Crippen LogP contribution < -0.4 is 0 Å². The maximum absolute atomic E-state index is 12.8. The predicted molar refractivity (Wildman–Crippen MR) is 81.1 cm³/mol. The molecule has 0 radical (unpaired) electrons. The van der Waals surface area contributed by atoms with Gasteiger partial charge in [0.25, 0.3) is 0 Å². The number of nitriles is 1. The average molecular weight is 340 g/mol. The third-order valence-electron chi connectivity index (χ3n) is 3.97. The van der Waals surface area contributed by atoms with Crippen molar-refractivity contribution in [1.29, 1.82) is 5.26 Å². The van der Waals surface area contributed by atoms with E-state index in [4.69, 9.17) is 0 Å². The minimum Gasteiger partial charge on any atom is -0.254 e. The molecule has 0 aromatic heterocycles. The number of halogens is 1. The standard InChI is InChI=1S/C15H18BrNOS/c1-2-11-7-8-12(10-17)15(9-11)19(18)14-6-4-3-5-13(14)16/h3-6,11-12,15H,2,7-9H2,1H3. The van der Waals surface area contributed by atoms with Gasteiger partial charge in [-0.25, -0.2) is 0 Å². The maximum atomic E-state index is 12.8. The Morgan fingerprint density at radius 3 is 2.79 bits per heavy atom. The molecule has 4 heteroatoms. The van der Waals surface area contributed by atoms with Crippen LogP contribution in [0.15, 0.2) is 33.6 Å². The summed E-state index contributed by atoms with van der Waals surface area (Å²) in [5.74, 6) is 0.539. The van der Waals surface area contributed by atoms with Crippen molar-refractivity contribution < 1.29 is 4.21 Å². The largest absolute Gasteiger partial charge is 0.254 e. The second-order valence-corrected chi connectivity index (χ2v) is 7.58. The van der Waals surface area contributed by atoms with Crippen molar-refractivity contribution in [2.45, 2.75) is 42.8 Å². The van der Waals surface area contributed by atoms with Gasteiger partial charge in [0.2, 0.25) is 0 Å². The number of hydrogen-bond donors (Lipinski definition) is 0. The Kier molecular flexibility index (Phi) is 5.18. The zero-order chi connectivity index (χ0) is 13.8. The van der Waals surface area contributed by atoms with E-state index in [9.17, 15) is 9.47 Å². The van der Waals surface area contributed by atoms with Crippen LogP contribution in [0.1, 0.15) is 32.6 Å². The molecule has 0 amide bonds. The van der Waals surface area contributed by atoms with E-state index >= 15 is 0 Å². The molecule has 1 aromatic carbocycles. The first-order valence-corrected chi connectivity index (χ1v) is 8.72. The first-order valence-electron chi connectivity index (χ1n) is 6.72. The summed E-state index contributed by atoms with van der Waals surface area (Å²) in [4.78, 5) is 0.824. The van der Waals surface area contributed by atoms with E-state index in [1.54, 1.807) is 0 Å². The monoisotopic (exact) mass is 339 g/mol. The second kappa shape index (κ2) is 6.67. The van der Waals surface area contributed by atoms with Gasteiger partial charge in [0.05, 0.1) is 32.9 Å². The fourth-order valence-electron chi connectivity index (χ4n) is 2.74. The van der Waals surface area contributed by atoms with E-state index in [-0.39, 0.29) is 11.2 Å². The quantitative estimate of drug-likeness (QED) is 0.824. The molecule has 2 rings (SSSR count). The van der Waals surface area contributed by atoms with E-state index < -0.39 is 10.8 Å². The van der Waals surface area contributed by atoms with E-state index in [0.29, 0.717) is 5.92 Å². The molecule has 4 atom stereocenters. The number of benzene rings is 1. The first-order chi connectivity index (χ1) is 9.17. The summed E-state index contributed by atoms with van der Waals surface area (Å²) >= 11 is 3.46. The van der Waals surface area contributed by atoms with Gasteiger partial charge in [-0.1, -0.05) is 25.5 Å². The average Bonchev–Trinajstić information content (AvgIpc) is 2.46. The van der Waals surface area contributed by atoms with Gasteiger partial charge in [0.1, 0.15) is 0 Å². The lowest BCUT2D eigenvalue weighted by atomic mass is 9.81. The lowest BCUT2D eigenvalue weighted by Gasteiger charge is -2.31. The molecule has 0 bridgehead atoms. The zero-order valence-corrected chi connectivity index (χ0v) is 13.4. The fraction of sp³-hybridized carbons (Fsp3) is 0.533. The van der Waals surface area contributed by atoms with Crippen LogP contribution in [-0.2, 0) is 10.8 Å². The summed E-state index contributed by atoms with van der Waals surface area (Å²) in [6.45, 7) is 2.18. The predicted octanol–water partition coefficient (Wildman–Crippen LogP) is 4.28. The molecular formula is C15H18BrNOS. The molecule has 1 fully saturated rings. The van der Waals surface area contributed by atoms with Gasteiger partial charge in [0, 0.05) is 4.47 Å². The lowest BCUT2D eigenvalue weighted by molar-refractivity contribution is 0.313. The summed E-state index contributed by atoms with van der Waals surface area (Å²) in [5, 5.41) is 9.26. The van der Waals surface area contributed by atoms with Crippen molar-refractivity contribution in [2.75, 3.05) is 0 Å². The summed E-state index contributed by atoms with van der Waals surface area (Å²) in [6.07, 6.45) is 4.00. The van der Waals surface area contributed by atoms with Crippen LogP contribution in [0.5, 0.6) is 0 Å². The third kappa shape index (κ3) is 3.27. The van der Waals surface area contributed by atoms with Crippen molar-refractivity contribution in [2.24, 2.45) is 11.8 Å². The van der Waals surface area contributed by atoms with Crippen LogP contribution in [0.25, 0.3) is 0 Å². The van der Waals surface area contributed by atoms with Crippen LogP contribution in [0, 0.1) is 23.2 Å². The van der Waals surface area contributed by atoms with Crippen molar-refractivity contribution >= 4 is 26.7 Å². The van der Waals surface area contributed by atoms with Gasteiger partial charge in [-0.2, -0.15) is 5.26 Å². The summed E-state index contributed by atoms with van der Waals surface area (Å²) in [5.41, 5.74) is 0. The van der Waals surface area contributed by atoms with Crippen LogP contribution in [0.2, 0.25) is 0 Å².